The average Bonchev–Trinajstić information content (AvgIpc) is 2.36. The minimum atomic E-state index is -0.0557. The second-order valence-electron chi connectivity index (χ2n) is 5.91. The summed E-state index contributed by atoms with van der Waals surface area (Å²) in [7, 11) is 1.57. The first-order chi connectivity index (χ1) is 9.43. The van der Waals surface area contributed by atoms with E-state index in [1.165, 1.54) is 0 Å². The van der Waals surface area contributed by atoms with Gasteiger partial charge in [-0.05, 0) is 24.0 Å². The molecule has 0 bridgehead atoms. The molecule has 104 valence electrons. The number of carbonyl (C=O) groups is 1. The van der Waals surface area contributed by atoms with Crippen LogP contribution in [0.15, 0.2) is 23.2 Å². The van der Waals surface area contributed by atoms with Crippen LogP contribution in [0.1, 0.15) is 38.7 Å². The Balaban J connectivity index is 2.39. The maximum Gasteiger partial charge on any atom is 0.139 e. The van der Waals surface area contributed by atoms with Crippen molar-refractivity contribution in [2.24, 2.45) is 10.4 Å². The fourth-order valence-electron chi connectivity index (χ4n) is 2.58. The molecule has 0 aromatic heterocycles. The lowest BCUT2D eigenvalue weighted by molar-refractivity contribution is -0.120. The fourth-order valence-corrected chi connectivity index (χ4v) is 2.58. The zero-order valence-electron chi connectivity index (χ0n) is 12.1. The third-order valence-electron chi connectivity index (χ3n) is 3.36. The Morgan fingerprint density at radius 1 is 1.35 bits per heavy atom. The molecule has 1 aromatic rings. The lowest BCUT2D eigenvalue weighted by Crippen LogP contribution is -2.28. The molecule has 1 saturated carbocycles. The highest BCUT2D eigenvalue weighted by molar-refractivity contribution is 6.05. The van der Waals surface area contributed by atoms with Crippen molar-refractivity contribution < 1.29 is 9.53 Å². The minimum Gasteiger partial charge on any atom is -0.497 e. The Kier molecular flexibility index (Phi) is 3.89. The molecule has 2 rings (SSSR count). The molecule has 0 atom stereocenters. The number of Topliss-reactive ketones (excluding diaryl/α,β-unsaturated/α-hetero) is 1. The van der Waals surface area contributed by atoms with Gasteiger partial charge in [0, 0.05) is 24.6 Å². The van der Waals surface area contributed by atoms with Crippen molar-refractivity contribution in [1.82, 2.24) is 0 Å². The number of carbonyl (C=O) groups excluding carboxylic acids is 1. The molecule has 0 aliphatic heterocycles. The monoisotopic (exact) mass is 270 g/mol. The van der Waals surface area contributed by atoms with Crippen molar-refractivity contribution in [1.29, 1.82) is 5.26 Å². The van der Waals surface area contributed by atoms with E-state index in [0.29, 0.717) is 29.8 Å². The lowest BCUT2D eigenvalue weighted by Gasteiger charge is -2.29. The number of methoxy groups -OCH3 is 1. The number of hydrogen-bond donors (Lipinski definition) is 0. The van der Waals surface area contributed by atoms with E-state index in [4.69, 9.17) is 10.00 Å². The molecule has 0 saturated heterocycles. The standard InChI is InChI=1S/C16H18N2O2/c1-16(2)8-12(6-13(19)9-16)18-15-7-14(20-3)5-4-11(15)10-17/h4-5,7H,6,8-9H2,1-3H3. The third kappa shape index (κ3) is 3.24. The van der Waals surface area contributed by atoms with E-state index in [1.807, 2.05) is 0 Å². The van der Waals surface area contributed by atoms with Crippen LogP contribution < -0.4 is 4.74 Å². The van der Waals surface area contributed by atoms with Crippen molar-refractivity contribution in [2.45, 2.75) is 33.1 Å². The van der Waals surface area contributed by atoms with Gasteiger partial charge in [0.05, 0.1) is 18.4 Å². The number of rotatable bonds is 2. The highest BCUT2D eigenvalue weighted by Crippen LogP contribution is 2.34. The molecule has 0 radical (unpaired) electrons. The first kappa shape index (κ1) is 14.3. The van der Waals surface area contributed by atoms with Crippen LogP contribution in [0.3, 0.4) is 0 Å². The number of ether oxygens (including phenoxy) is 1. The van der Waals surface area contributed by atoms with E-state index in [9.17, 15) is 4.79 Å². The molecule has 1 fully saturated rings. The maximum absolute atomic E-state index is 11.8. The van der Waals surface area contributed by atoms with Crippen LogP contribution >= 0.6 is 0 Å². The summed E-state index contributed by atoms with van der Waals surface area (Å²) >= 11 is 0. The summed E-state index contributed by atoms with van der Waals surface area (Å²) < 4.78 is 5.16. The number of aliphatic imine (C=N–C) groups is 1. The van der Waals surface area contributed by atoms with E-state index in [2.05, 4.69) is 24.9 Å². The number of nitrogens with zero attached hydrogens (tertiary/aromatic N) is 2. The van der Waals surface area contributed by atoms with Crippen LogP contribution in [0.2, 0.25) is 0 Å². The first-order valence-electron chi connectivity index (χ1n) is 6.60. The van der Waals surface area contributed by atoms with Crippen LogP contribution in [0, 0.1) is 16.7 Å². The van der Waals surface area contributed by atoms with E-state index < -0.39 is 0 Å². The second kappa shape index (κ2) is 5.46. The largest absolute Gasteiger partial charge is 0.497 e. The summed E-state index contributed by atoms with van der Waals surface area (Å²) in [6.45, 7) is 4.13. The molecule has 0 spiro atoms. The lowest BCUT2D eigenvalue weighted by atomic mass is 9.76. The second-order valence-corrected chi connectivity index (χ2v) is 5.91. The molecule has 1 aromatic carbocycles. The van der Waals surface area contributed by atoms with Gasteiger partial charge in [-0.15, -0.1) is 0 Å². The highest BCUT2D eigenvalue weighted by atomic mass is 16.5. The topological polar surface area (TPSA) is 62.4 Å². The Labute approximate surface area is 119 Å². The summed E-state index contributed by atoms with van der Waals surface area (Å²) in [5.41, 5.74) is 1.86. The van der Waals surface area contributed by atoms with Gasteiger partial charge in [-0.25, -0.2) is 0 Å². The number of ketones is 1. The summed E-state index contributed by atoms with van der Waals surface area (Å²) in [6.07, 6.45) is 1.75. The minimum absolute atomic E-state index is 0.0557. The predicted octanol–water partition coefficient (Wildman–Crippen LogP) is 3.42. The molecule has 0 heterocycles. The zero-order valence-corrected chi connectivity index (χ0v) is 12.1. The number of nitriles is 1. The van der Waals surface area contributed by atoms with Gasteiger partial charge in [0.25, 0.3) is 0 Å². The molecule has 0 N–H and O–H groups in total. The molecule has 0 unspecified atom stereocenters. The van der Waals surface area contributed by atoms with Crippen molar-refractivity contribution in [2.75, 3.05) is 7.11 Å². The number of benzene rings is 1. The fraction of sp³-hybridized carbons (Fsp3) is 0.438. The Hall–Kier alpha value is -2.15. The van der Waals surface area contributed by atoms with Crippen molar-refractivity contribution in [3.63, 3.8) is 0 Å². The van der Waals surface area contributed by atoms with E-state index >= 15 is 0 Å². The molecule has 0 amide bonds. The van der Waals surface area contributed by atoms with E-state index in [0.717, 1.165) is 12.1 Å². The quantitative estimate of drug-likeness (QED) is 0.827. The molecule has 4 heteroatoms. The summed E-state index contributed by atoms with van der Waals surface area (Å²) in [5, 5.41) is 9.14. The average molecular weight is 270 g/mol. The molecule has 1 aliphatic rings. The van der Waals surface area contributed by atoms with Crippen molar-refractivity contribution >= 4 is 17.2 Å². The summed E-state index contributed by atoms with van der Waals surface area (Å²) in [6, 6.07) is 7.28. The van der Waals surface area contributed by atoms with E-state index in [1.54, 1.807) is 25.3 Å². The van der Waals surface area contributed by atoms with Crippen LogP contribution in [-0.2, 0) is 4.79 Å². The molecule has 1 aliphatic carbocycles. The van der Waals surface area contributed by atoms with Crippen LogP contribution in [0.25, 0.3) is 0 Å². The van der Waals surface area contributed by atoms with Gasteiger partial charge in [-0.3, -0.25) is 9.79 Å². The smallest absolute Gasteiger partial charge is 0.139 e. The van der Waals surface area contributed by atoms with Gasteiger partial charge >= 0.3 is 0 Å². The highest BCUT2D eigenvalue weighted by Gasteiger charge is 2.30. The van der Waals surface area contributed by atoms with Gasteiger partial charge < -0.3 is 4.74 Å². The van der Waals surface area contributed by atoms with Gasteiger partial charge in [0.15, 0.2) is 0 Å². The molecule has 4 nitrogen and oxygen atoms in total. The molecule has 20 heavy (non-hydrogen) atoms. The van der Waals surface area contributed by atoms with Gasteiger partial charge in [0.1, 0.15) is 17.6 Å². The third-order valence-corrected chi connectivity index (χ3v) is 3.36. The maximum atomic E-state index is 11.8. The van der Waals surface area contributed by atoms with Crippen LogP contribution in [0.5, 0.6) is 5.75 Å². The normalized spacial score (nSPS) is 19.7. The van der Waals surface area contributed by atoms with Crippen molar-refractivity contribution in [3.8, 4) is 11.8 Å². The number of hydrogen-bond acceptors (Lipinski definition) is 4. The summed E-state index contributed by atoms with van der Waals surface area (Å²) in [5.74, 6) is 0.867. The Morgan fingerprint density at radius 2 is 2.10 bits per heavy atom. The Bertz CT molecular complexity index is 609. The van der Waals surface area contributed by atoms with E-state index in [-0.39, 0.29) is 11.2 Å². The SMILES string of the molecule is COc1ccc(C#N)c(N=C2CC(=O)CC(C)(C)C2)c1. The van der Waals surface area contributed by atoms with Crippen LogP contribution in [-0.4, -0.2) is 18.6 Å². The van der Waals surface area contributed by atoms with Crippen molar-refractivity contribution in [3.05, 3.63) is 23.8 Å². The van der Waals surface area contributed by atoms with Gasteiger partial charge in [0.2, 0.25) is 0 Å². The summed E-state index contributed by atoms with van der Waals surface area (Å²) in [4.78, 5) is 16.3. The zero-order chi connectivity index (χ0) is 14.8. The van der Waals surface area contributed by atoms with Crippen LogP contribution in [0.4, 0.5) is 5.69 Å². The predicted molar refractivity (Wildman–Crippen MR) is 77.4 cm³/mol. The molecular weight excluding hydrogens is 252 g/mol. The Morgan fingerprint density at radius 3 is 2.70 bits per heavy atom. The molecular formula is C16H18N2O2. The van der Waals surface area contributed by atoms with Gasteiger partial charge in [-0.1, -0.05) is 13.8 Å². The van der Waals surface area contributed by atoms with Gasteiger partial charge in [-0.2, -0.15) is 5.26 Å². The first-order valence-corrected chi connectivity index (χ1v) is 6.60.